The van der Waals surface area contributed by atoms with E-state index in [0.29, 0.717) is 43.1 Å². The van der Waals surface area contributed by atoms with Crippen LogP contribution in [0, 0.1) is 5.92 Å². The molecule has 1 aliphatic rings. The van der Waals surface area contributed by atoms with E-state index in [4.69, 9.17) is 11.6 Å². The van der Waals surface area contributed by atoms with Gasteiger partial charge in [0.15, 0.2) is 0 Å². The van der Waals surface area contributed by atoms with Crippen LogP contribution in [0.3, 0.4) is 0 Å². The molecule has 1 aliphatic heterocycles. The molecule has 3 amide bonds. The van der Waals surface area contributed by atoms with Crippen LogP contribution in [0.1, 0.15) is 37.0 Å². The van der Waals surface area contributed by atoms with Gasteiger partial charge in [-0.1, -0.05) is 11.6 Å². The van der Waals surface area contributed by atoms with Gasteiger partial charge in [-0.2, -0.15) is 0 Å². The number of likely N-dealkylation sites (tertiary alicyclic amines) is 1. The van der Waals surface area contributed by atoms with Crippen LogP contribution in [0.2, 0.25) is 5.02 Å². The van der Waals surface area contributed by atoms with E-state index in [2.05, 4.69) is 10.6 Å². The van der Waals surface area contributed by atoms with Crippen molar-refractivity contribution in [2.24, 2.45) is 5.92 Å². The molecule has 1 atom stereocenters. The Balaban J connectivity index is 1.84. The average molecular weight is 366 g/mol. The molecular formula is C18H24ClN3O3. The van der Waals surface area contributed by atoms with Crippen LogP contribution >= 0.6 is 11.6 Å². The second-order valence-electron chi connectivity index (χ2n) is 6.20. The number of piperidine rings is 1. The third-order valence-electron chi connectivity index (χ3n) is 4.35. The number of halogens is 1. The third-order valence-corrected chi connectivity index (χ3v) is 4.60. The molecule has 1 heterocycles. The summed E-state index contributed by atoms with van der Waals surface area (Å²) in [6.45, 7) is 5.08. The van der Waals surface area contributed by atoms with Gasteiger partial charge in [-0.15, -0.1) is 0 Å². The second-order valence-corrected chi connectivity index (χ2v) is 6.63. The lowest BCUT2D eigenvalue weighted by molar-refractivity contribution is -0.131. The molecule has 0 unspecified atom stereocenters. The van der Waals surface area contributed by atoms with Crippen molar-refractivity contribution in [2.75, 3.05) is 19.6 Å². The summed E-state index contributed by atoms with van der Waals surface area (Å²) < 4.78 is 0. The first-order valence-electron chi connectivity index (χ1n) is 8.55. The molecule has 1 aromatic rings. The third kappa shape index (κ3) is 5.19. The van der Waals surface area contributed by atoms with Crippen LogP contribution in [-0.2, 0) is 9.59 Å². The van der Waals surface area contributed by atoms with Crippen LogP contribution in [0.15, 0.2) is 24.3 Å². The summed E-state index contributed by atoms with van der Waals surface area (Å²) in [5, 5.41) is 6.02. The Hall–Kier alpha value is -2.08. The predicted molar refractivity (Wildman–Crippen MR) is 96.4 cm³/mol. The zero-order valence-corrected chi connectivity index (χ0v) is 15.3. The van der Waals surface area contributed by atoms with Gasteiger partial charge in [0, 0.05) is 36.1 Å². The topological polar surface area (TPSA) is 78.5 Å². The second kappa shape index (κ2) is 8.85. The van der Waals surface area contributed by atoms with Crippen LogP contribution in [0.4, 0.5) is 0 Å². The normalized spacial score (nSPS) is 16.2. The highest BCUT2D eigenvalue weighted by Gasteiger charge is 2.29. The highest BCUT2D eigenvalue weighted by molar-refractivity contribution is 6.30. The molecule has 0 bridgehead atoms. The molecule has 136 valence electrons. The monoisotopic (exact) mass is 365 g/mol. The maximum absolute atomic E-state index is 12.5. The highest BCUT2D eigenvalue weighted by atomic mass is 35.5. The van der Waals surface area contributed by atoms with E-state index in [9.17, 15) is 14.4 Å². The van der Waals surface area contributed by atoms with Gasteiger partial charge < -0.3 is 15.5 Å². The predicted octanol–water partition coefficient (Wildman–Crippen LogP) is 1.83. The lowest BCUT2D eigenvalue weighted by Crippen LogP contribution is -2.49. The minimum atomic E-state index is -0.554. The minimum Gasteiger partial charge on any atom is -0.355 e. The summed E-state index contributed by atoms with van der Waals surface area (Å²) in [5.41, 5.74) is 0.595. The average Bonchev–Trinajstić information content (AvgIpc) is 2.62. The van der Waals surface area contributed by atoms with E-state index < -0.39 is 6.04 Å². The number of carbonyl (C=O) groups excluding carboxylic acids is 3. The molecule has 7 heteroatoms. The summed E-state index contributed by atoms with van der Waals surface area (Å²) in [5.74, 6) is -0.541. The Morgan fingerprint density at radius 3 is 2.36 bits per heavy atom. The molecular weight excluding hydrogens is 342 g/mol. The van der Waals surface area contributed by atoms with Gasteiger partial charge in [0.25, 0.3) is 5.91 Å². The van der Waals surface area contributed by atoms with Gasteiger partial charge in [0.1, 0.15) is 6.04 Å². The van der Waals surface area contributed by atoms with Crippen molar-refractivity contribution < 1.29 is 14.4 Å². The van der Waals surface area contributed by atoms with Gasteiger partial charge in [-0.3, -0.25) is 14.4 Å². The largest absolute Gasteiger partial charge is 0.355 e. The fraction of sp³-hybridized carbons (Fsp3) is 0.500. The van der Waals surface area contributed by atoms with E-state index >= 15 is 0 Å². The highest BCUT2D eigenvalue weighted by Crippen LogP contribution is 2.20. The Morgan fingerprint density at radius 2 is 1.80 bits per heavy atom. The van der Waals surface area contributed by atoms with E-state index in [-0.39, 0.29) is 23.6 Å². The van der Waals surface area contributed by atoms with Gasteiger partial charge in [-0.25, -0.2) is 0 Å². The smallest absolute Gasteiger partial charge is 0.253 e. The molecule has 25 heavy (non-hydrogen) atoms. The van der Waals surface area contributed by atoms with E-state index in [1.54, 1.807) is 36.1 Å². The summed E-state index contributed by atoms with van der Waals surface area (Å²) in [6, 6.07) is 6.24. The molecule has 2 rings (SSSR count). The zero-order chi connectivity index (χ0) is 18.4. The number of nitrogens with one attached hydrogen (secondary N) is 2. The number of amides is 3. The minimum absolute atomic E-state index is 0.0498. The number of hydrogen-bond donors (Lipinski definition) is 2. The fourth-order valence-corrected chi connectivity index (χ4v) is 2.97. The summed E-state index contributed by atoms with van der Waals surface area (Å²) in [4.78, 5) is 38.2. The maximum Gasteiger partial charge on any atom is 0.253 e. The first kappa shape index (κ1) is 19.2. The Morgan fingerprint density at radius 1 is 1.20 bits per heavy atom. The fourth-order valence-electron chi connectivity index (χ4n) is 2.84. The Kier molecular flexibility index (Phi) is 6.82. The van der Waals surface area contributed by atoms with E-state index in [1.807, 2.05) is 6.92 Å². The molecule has 2 N–H and O–H groups in total. The van der Waals surface area contributed by atoms with Crippen LogP contribution < -0.4 is 10.6 Å². The standard InChI is InChI=1S/C18H24ClN3O3/c1-3-20-16(23)12(2)21-17(24)13-8-10-22(11-9-13)18(25)14-4-6-15(19)7-5-14/h4-7,12-13H,3,8-11H2,1-2H3,(H,20,23)(H,21,24)/t12-/m0/s1. The molecule has 1 saturated heterocycles. The van der Waals surface area contributed by atoms with Crippen molar-refractivity contribution in [1.82, 2.24) is 15.5 Å². The molecule has 0 aliphatic carbocycles. The number of nitrogens with zero attached hydrogens (tertiary/aromatic N) is 1. The maximum atomic E-state index is 12.5. The van der Waals surface area contributed by atoms with Gasteiger partial charge in [0.05, 0.1) is 0 Å². The summed E-state index contributed by atoms with van der Waals surface area (Å²) in [6.07, 6.45) is 1.18. The number of carbonyl (C=O) groups is 3. The number of hydrogen-bond acceptors (Lipinski definition) is 3. The van der Waals surface area contributed by atoms with Gasteiger partial charge in [0.2, 0.25) is 11.8 Å². The Bertz CT molecular complexity index is 625. The van der Waals surface area contributed by atoms with Crippen molar-refractivity contribution >= 4 is 29.3 Å². The molecule has 0 aromatic heterocycles. The van der Waals surface area contributed by atoms with E-state index in [1.165, 1.54) is 0 Å². The van der Waals surface area contributed by atoms with Crippen molar-refractivity contribution in [2.45, 2.75) is 32.7 Å². The molecule has 1 aromatic carbocycles. The number of likely N-dealkylation sites (N-methyl/N-ethyl adjacent to an activating group) is 1. The Labute approximate surface area is 152 Å². The molecule has 0 spiro atoms. The van der Waals surface area contributed by atoms with Crippen LogP contribution in [-0.4, -0.2) is 48.3 Å². The van der Waals surface area contributed by atoms with Gasteiger partial charge >= 0.3 is 0 Å². The lowest BCUT2D eigenvalue weighted by Gasteiger charge is -2.32. The first-order chi connectivity index (χ1) is 11.9. The summed E-state index contributed by atoms with van der Waals surface area (Å²) in [7, 11) is 0. The van der Waals surface area contributed by atoms with Crippen molar-refractivity contribution in [3.8, 4) is 0 Å². The SMILES string of the molecule is CCNC(=O)[C@H](C)NC(=O)C1CCN(C(=O)c2ccc(Cl)cc2)CC1. The molecule has 6 nitrogen and oxygen atoms in total. The first-order valence-corrected chi connectivity index (χ1v) is 8.93. The number of rotatable bonds is 5. The van der Waals surface area contributed by atoms with Crippen LogP contribution in [0.5, 0.6) is 0 Å². The molecule has 0 radical (unpaired) electrons. The zero-order valence-electron chi connectivity index (χ0n) is 14.5. The van der Waals surface area contributed by atoms with Crippen molar-refractivity contribution in [3.05, 3.63) is 34.9 Å². The molecule has 1 fully saturated rings. The van der Waals surface area contributed by atoms with Gasteiger partial charge in [-0.05, 0) is 51.0 Å². The quantitative estimate of drug-likeness (QED) is 0.835. The van der Waals surface area contributed by atoms with E-state index in [0.717, 1.165) is 0 Å². The number of benzene rings is 1. The van der Waals surface area contributed by atoms with Crippen molar-refractivity contribution in [1.29, 1.82) is 0 Å². The van der Waals surface area contributed by atoms with Crippen molar-refractivity contribution in [3.63, 3.8) is 0 Å². The summed E-state index contributed by atoms with van der Waals surface area (Å²) >= 11 is 5.84. The van der Waals surface area contributed by atoms with Crippen LogP contribution in [0.25, 0.3) is 0 Å². The molecule has 0 saturated carbocycles. The lowest BCUT2D eigenvalue weighted by atomic mass is 9.95.